The van der Waals surface area contributed by atoms with Gasteiger partial charge in [-0.05, 0) is 19.1 Å². The quantitative estimate of drug-likeness (QED) is 0.474. The van der Waals surface area contributed by atoms with Crippen LogP contribution in [0, 0.1) is 0 Å². The van der Waals surface area contributed by atoms with Crippen LogP contribution in [0.4, 0.5) is 11.4 Å². The minimum Gasteiger partial charge on any atom is -0.399 e. The lowest BCUT2D eigenvalue weighted by atomic mass is 10.3. The summed E-state index contributed by atoms with van der Waals surface area (Å²) in [6.45, 7) is 7.41. The normalized spacial score (nSPS) is 10.3. The number of benzene rings is 1. The number of rotatable bonds is 6. The van der Waals surface area contributed by atoms with E-state index in [9.17, 15) is 0 Å². The summed E-state index contributed by atoms with van der Waals surface area (Å²) in [4.78, 5) is 0. The predicted octanol–water partition coefficient (Wildman–Crippen LogP) is 3.58. The lowest BCUT2D eigenvalue weighted by Crippen LogP contribution is -2.11. The Morgan fingerprint density at radius 1 is 1.41 bits per heavy atom. The summed E-state index contributed by atoms with van der Waals surface area (Å²) in [5, 5.41) is 4.13. The van der Waals surface area contributed by atoms with E-state index in [1.54, 1.807) is 12.1 Å². The second-order valence-electron chi connectivity index (χ2n) is 3.80. The Morgan fingerprint density at radius 3 is 2.53 bits per heavy atom. The van der Waals surface area contributed by atoms with E-state index in [0.29, 0.717) is 41.2 Å². The number of nitrogen functional groups attached to an aromatic ring is 1. The first-order valence-corrected chi connectivity index (χ1v) is 5.97. The maximum Gasteiger partial charge on any atom is 0.0721 e. The first-order chi connectivity index (χ1) is 8.00. The lowest BCUT2D eigenvalue weighted by molar-refractivity contribution is 0.167. The molecule has 0 bridgehead atoms. The second kappa shape index (κ2) is 6.74. The van der Waals surface area contributed by atoms with Crippen molar-refractivity contribution < 1.29 is 4.74 Å². The molecule has 5 heteroatoms. The van der Waals surface area contributed by atoms with E-state index in [4.69, 9.17) is 33.7 Å². The number of halogens is 2. The maximum atomic E-state index is 6.02. The molecular weight excluding hydrogens is 259 g/mol. The molecule has 0 aliphatic carbocycles. The van der Waals surface area contributed by atoms with Crippen molar-refractivity contribution in [3.05, 3.63) is 34.3 Å². The van der Waals surface area contributed by atoms with Crippen LogP contribution >= 0.6 is 23.2 Å². The molecule has 0 atom stereocenters. The molecule has 0 saturated carbocycles. The summed E-state index contributed by atoms with van der Waals surface area (Å²) in [5.74, 6) is 0. The molecule has 0 aliphatic rings. The Labute approximate surface area is 112 Å². The van der Waals surface area contributed by atoms with Gasteiger partial charge in [-0.1, -0.05) is 35.4 Å². The van der Waals surface area contributed by atoms with Gasteiger partial charge in [0.1, 0.15) is 0 Å². The third-order valence-corrected chi connectivity index (χ3v) is 2.56. The molecule has 1 aromatic rings. The summed E-state index contributed by atoms with van der Waals surface area (Å²) in [7, 11) is 0. The Bertz CT molecular complexity index is 384. The van der Waals surface area contributed by atoms with Crippen molar-refractivity contribution in [3.63, 3.8) is 0 Å². The van der Waals surface area contributed by atoms with E-state index in [-0.39, 0.29) is 0 Å². The predicted molar refractivity (Wildman–Crippen MR) is 75.0 cm³/mol. The molecule has 0 aromatic heterocycles. The Morgan fingerprint density at radius 2 is 2.00 bits per heavy atom. The molecule has 0 saturated heterocycles. The third kappa shape index (κ3) is 4.86. The highest BCUT2D eigenvalue weighted by Gasteiger charge is 2.06. The summed E-state index contributed by atoms with van der Waals surface area (Å²) in [6, 6.07) is 3.31. The van der Waals surface area contributed by atoms with Crippen molar-refractivity contribution in [2.75, 3.05) is 30.8 Å². The average molecular weight is 275 g/mol. The highest BCUT2D eigenvalue weighted by molar-refractivity contribution is 6.39. The molecule has 0 fully saturated rings. The zero-order valence-electron chi connectivity index (χ0n) is 9.72. The van der Waals surface area contributed by atoms with Gasteiger partial charge in [-0.15, -0.1) is 0 Å². The molecule has 0 radical (unpaired) electrons. The van der Waals surface area contributed by atoms with Gasteiger partial charge < -0.3 is 15.8 Å². The average Bonchev–Trinajstić information content (AvgIpc) is 2.20. The Balaban J connectivity index is 2.44. The molecule has 17 heavy (non-hydrogen) atoms. The van der Waals surface area contributed by atoms with Gasteiger partial charge in [0.2, 0.25) is 0 Å². The van der Waals surface area contributed by atoms with Gasteiger partial charge in [-0.3, -0.25) is 0 Å². The van der Waals surface area contributed by atoms with E-state index in [1.165, 1.54) is 0 Å². The Hall–Kier alpha value is -0.900. The Kier molecular flexibility index (Phi) is 5.62. The molecule has 3 N–H and O–H groups in total. The fraction of sp³-hybridized carbons (Fsp3) is 0.333. The van der Waals surface area contributed by atoms with E-state index in [0.717, 1.165) is 5.57 Å². The smallest absolute Gasteiger partial charge is 0.0721 e. The van der Waals surface area contributed by atoms with E-state index < -0.39 is 0 Å². The molecular formula is C12H16Cl2N2O. The molecule has 3 nitrogen and oxygen atoms in total. The minimum absolute atomic E-state index is 0.509. The van der Waals surface area contributed by atoms with Crippen molar-refractivity contribution >= 4 is 34.6 Å². The fourth-order valence-electron chi connectivity index (χ4n) is 1.26. The monoisotopic (exact) mass is 274 g/mol. The van der Waals surface area contributed by atoms with Gasteiger partial charge in [0.05, 0.1) is 28.9 Å². The van der Waals surface area contributed by atoms with Crippen LogP contribution in [0.2, 0.25) is 10.0 Å². The van der Waals surface area contributed by atoms with Crippen LogP contribution in [0.1, 0.15) is 6.92 Å². The first-order valence-electron chi connectivity index (χ1n) is 5.21. The second-order valence-corrected chi connectivity index (χ2v) is 4.61. The van der Waals surface area contributed by atoms with Gasteiger partial charge in [-0.25, -0.2) is 0 Å². The third-order valence-electron chi connectivity index (χ3n) is 1.96. The minimum atomic E-state index is 0.509. The van der Waals surface area contributed by atoms with Crippen molar-refractivity contribution in [1.29, 1.82) is 0 Å². The number of anilines is 2. The molecule has 0 spiro atoms. The molecule has 0 amide bonds. The highest BCUT2D eigenvalue weighted by atomic mass is 35.5. The number of nitrogens with two attached hydrogens (primary N) is 1. The van der Waals surface area contributed by atoms with Gasteiger partial charge in [0.15, 0.2) is 0 Å². The van der Waals surface area contributed by atoms with Crippen molar-refractivity contribution in [1.82, 2.24) is 0 Å². The fourth-order valence-corrected chi connectivity index (χ4v) is 1.89. The standard InChI is InChI=1S/C12H16Cl2N2O/c1-8(2)7-17-4-3-16-12-10(13)5-9(15)6-11(12)14/h5-6,16H,1,3-4,7,15H2,2H3. The van der Waals surface area contributed by atoms with Crippen LogP contribution in [0.3, 0.4) is 0 Å². The highest BCUT2D eigenvalue weighted by Crippen LogP contribution is 2.32. The molecule has 0 heterocycles. The number of hydrogen-bond acceptors (Lipinski definition) is 3. The van der Waals surface area contributed by atoms with Crippen LogP contribution in [-0.2, 0) is 4.74 Å². The zero-order valence-corrected chi connectivity index (χ0v) is 11.2. The summed E-state index contributed by atoms with van der Waals surface area (Å²) in [5.41, 5.74) is 7.83. The zero-order chi connectivity index (χ0) is 12.8. The van der Waals surface area contributed by atoms with Crippen molar-refractivity contribution in [3.8, 4) is 0 Å². The topological polar surface area (TPSA) is 47.3 Å². The number of nitrogens with one attached hydrogen (secondary N) is 1. The van der Waals surface area contributed by atoms with Gasteiger partial charge in [0.25, 0.3) is 0 Å². The molecule has 1 rings (SSSR count). The maximum absolute atomic E-state index is 6.02. The number of ether oxygens (including phenoxy) is 1. The van der Waals surface area contributed by atoms with E-state index in [1.807, 2.05) is 6.92 Å². The molecule has 0 aliphatic heterocycles. The van der Waals surface area contributed by atoms with Crippen molar-refractivity contribution in [2.45, 2.75) is 6.92 Å². The summed E-state index contributed by atoms with van der Waals surface area (Å²) in [6.07, 6.45) is 0. The van der Waals surface area contributed by atoms with Crippen LogP contribution in [0.15, 0.2) is 24.3 Å². The van der Waals surface area contributed by atoms with E-state index >= 15 is 0 Å². The summed E-state index contributed by atoms with van der Waals surface area (Å²) >= 11 is 12.0. The van der Waals surface area contributed by atoms with Gasteiger partial charge in [0, 0.05) is 12.2 Å². The van der Waals surface area contributed by atoms with Crippen LogP contribution < -0.4 is 11.1 Å². The SMILES string of the molecule is C=C(C)COCCNc1c(Cl)cc(N)cc1Cl. The van der Waals surface area contributed by atoms with Gasteiger partial charge >= 0.3 is 0 Å². The van der Waals surface area contributed by atoms with Crippen LogP contribution in [0.5, 0.6) is 0 Å². The molecule has 0 unspecified atom stereocenters. The van der Waals surface area contributed by atoms with Crippen molar-refractivity contribution in [2.24, 2.45) is 0 Å². The van der Waals surface area contributed by atoms with Crippen LogP contribution in [-0.4, -0.2) is 19.8 Å². The lowest BCUT2D eigenvalue weighted by Gasteiger charge is -2.11. The van der Waals surface area contributed by atoms with Crippen LogP contribution in [0.25, 0.3) is 0 Å². The first kappa shape index (κ1) is 14.2. The molecule has 94 valence electrons. The molecule has 1 aromatic carbocycles. The van der Waals surface area contributed by atoms with Gasteiger partial charge in [-0.2, -0.15) is 0 Å². The van der Waals surface area contributed by atoms with E-state index in [2.05, 4.69) is 11.9 Å². The largest absolute Gasteiger partial charge is 0.399 e. The summed E-state index contributed by atoms with van der Waals surface area (Å²) < 4.78 is 5.35. The number of hydrogen-bond donors (Lipinski definition) is 2.